The lowest BCUT2D eigenvalue weighted by Crippen LogP contribution is -2.15. The Hall–Kier alpha value is -4.22. The Labute approximate surface area is 169 Å². The van der Waals surface area contributed by atoms with Gasteiger partial charge in [0.05, 0.1) is 11.3 Å². The molecule has 3 aromatic heterocycles. The summed E-state index contributed by atoms with van der Waals surface area (Å²) in [5.74, 6) is -0.351. The first-order chi connectivity index (χ1) is 14.5. The predicted octanol–water partition coefficient (Wildman–Crippen LogP) is 1.69. The fourth-order valence-electron chi connectivity index (χ4n) is 2.76. The monoisotopic (exact) mass is 409 g/mol. The van der Waals surface area contributed by atoms with Gasteiger partial charge in [-0.1, -0.05) is 6.92 Å². The normalized spacial score (nSPS) is 10.9. The third-order valence-electron chi connectivity index (χ3n) is 4.09. The average Bonchev–Trinajstić information content (AvgIpc) is 3.21. The lowest BCUT2D eigenvalue weighted by molar-refractivity contribution is 0.0459. The highest BCUT2D eigenvalue weighted by Gasteiger charge is 2.18. The molecule has 0 spiro atoms. The number of rotatable bonds is 6. The van der Waals surface area contributed by atoms with Crippen LogP contribution in [0.3, 0.4) is 0 Å². The van der Waals surface area contributed by atoms with E-state index in [2.05, 4.69) is 35.3 Å². The molecular weight excluding hydrogens is 393 g/mol. The van der Waals surface area contributed by atoms with Crippen LogP contribution in [-0.2, 0) is 17.8 Å². The van der Waals surface area contributed by atoms with Crippen LogP contribution in [0.1, 0.15) is 28.8 Å². The number of anilines is 3. The summed E-state index contributed by atoms with van der Waals surface area (Å²) in [7, 11) is 0. The molecule has 0 saturated carbocycles. The summed E-state index contributed by atoms with van der Waals surface area (Å²) in [6.07, 6.45) is 3.28. The molecule has 152 valence electrons. The van der Waals surface area contributed by atoms with Crippen LogP contribution in [0.4, 0.5) is 22.0 Å². The lowest BCUT2D eigenvalue weighted by atomic mass is 10.2. The molecular formula is C18H16FN9O2. The number of hydrogen-bond acceptors (Lipinski definition) is 10. The van der Waals surface area contributed by atoms with Crippen molar-refractivity contribution in [3.8, 4) is 0 Å². The zero-order valence-corrected chi connectivity index (χ0v) is 15.8. The molecule has 12 heteroatoms. The maximum atomic E-state index is 13.0. The van der Waals surface area contributed by atoms with E-state index in [1.165, 1.54) is 41.3 Å². The van der Waals surface area contributed by atoms with E-state index in [4.69, 9.17) is 10.5 Å². The van der Waals surface area contributed by atoms with Gasteiger partial charge >= 0.3 is 5.97 Å². The number of nitrogens with zero attached hydrogens (tertiary/aromatic N) is 7. The van der Waals surface area contributed by atoms with Crippen LogP contribution in [0, 0.1) is 5.82 Å². The summed E-state index contributed by atoms with van der Waals surface area (Å²) in [5, 5.41) is 6.96. The molecule has 4 rings (SSSR count). The molecule has 0 aliphatic carbocycles. The molecule has 11 nitrogen and oxygen atoms in total. The SMILES string of the molecule is CCc1c(C(=O)OCc2nc(N)nc(Nc3ccc(F)cc3)n2)cnc2ncnn12. The number of ether oxygens (including phenoxy) is 1. The second-order valence-electron chi connectivity index (χ2n) is 6.09. The predicted molar refractivity (Wildman–Crippen MR) is 103 cm³/mol. The summed E-state index contributed by atoms with van der Waals surface area (Å²) < 4.78 is 19.9. The fraction of sp³-hybridized carbons (Fsp3) is 0.167. The standard InChI is InChI=1S/C18H16FN9O2/c1-2-13-12(7-21-18-22-9-23-28(13)18)15(29)30-8-14-25-16(20)27-17(26-14)24-11-5-3-10(19)4-6-11/h3-7,9H,2,8H2,1H3,(H3,20,24,25,26,27). The number of benzene rings is 1. The van der Waals surface area contributed by atoms with Gasteiger partial charge in [0.1, 0.15) is 12.1 Å². The van der Waals surface area contributed by atoms with Crippen molar-refractivity contribution in [2.75, 3.05) is 11.1 Å². The highest BCUT2D eigenvalue weighted by atomic mass is 19.1. The summed E-state index contributed by atoms with van der Waals surface area (Å²) >= 11 is 0. The number of nitrogens with two attached hydrogens (primary N) is 1. The van der Waals surface area contributed by atoms with Crippen LogP contribution in [0.25, 0.3) is 5.78 Å². The van der Waals surface area contributed by atoms with E-state index in [-0.39, 0.29) is 35.7 Å². The minimum Gasteiger partial charge on any atom is -0.454 e. The second kappa shape index (κ2) is 8.03. The van der Waals surface area contributed by atoms with Crippen molar-refractivity contribution in [3.63, 3.8) is 0 Å². The highest BCUT2D eigenvalue weighted by Crippen LogP contribution is 2.15. The highest BCUT2D eigenvalue weighted by molar-refractivity contribution is 5.90. The minimum absolute atomic E-state index is 0.0550. The van der Waals surface area contributed by atoms with E-state index in [9.17, 15) is 9.18 Å². The van der Waals surface area contributed by atoms with E-state index in [1.807, 2.05) is 6.92 Å². The first-order valence-corrected chi connectivity index (χ1v) is 8.91. The maximum Gasteiger partial charge on any atom is 0.342 e. The van der Waals surface area contributed by atoms with Gasteiger partial charge in [-0.25, -0.2) is 18.7 Å². The number of nitrogens with one attached hydrogen (secondary N) is 1. The largest absolute Gasteiger partial charge is 0.454 e. The smallest absolute Gasteiger partial charge is 0.342 e. The minimum atomic E-state index is -0.608. The number of aryl methyl sites for hydroxylation is 1. The van der Waals surface area contributed by atoms with Gasteiger partial charge < -0.3 is 15.8 Å². The molecule has 3 N–H and O–H groups in total. The van der Waals surface area contributed by atoms with E-state index in [0.717, 1.165) is 0 Å². The van der Waals surface area contributed by atoms with Crippen molar-refractivity contribution >= 4 is 29.3 Å². The van der Waals surface area contributed by atoms with Crippen molar-refractivity contribution < 1.29 is 13.9 Å². The van der Waals surface area contributed by atoms with Gasteiger partial charge in [-0.3, -0.25) is 0 Å². The van der Waals surface area contributed by atoms with Gasteiger partial charge in [0.15, 0.2) is 12.4 Å². The van der Waals surface area contributed by atoms with Crippen LogP contribution in [0.15, 0.2) is 36.8 Å². The number of fused-ring (bicyclic) bond motifs is 1. The van der Waals surface area contributed by atoms with Crippen molar-refractivity contribution in [2.45, 2.75) is 20.0 Å². The Morgan fingerprint density at radius 3 is 2.77 bits per heavy atom. The summed E-state index contributed by atoms with van der Waals surface area (Å²) in [6, 6.07) is 5.63. The van der Waals surface area contributed by atoms with Crippen LogP contribution in [0.5, 0.6) is 0 Å². The lowest BCUT2D eigenvalue weighted by Gasteiger charge is -2.10. The zero-order chi connectivity index (χ0) is 21.1. The molecule has 0 aliphatic heterocycles. The van der Waals surface area contributed by atoms with E-state index >= 15 is 0 Å². The molecule has 0 atom stereocenters. The molecule has 4 aromatic rings. The van der Waals surface area contributed by atoms with E-state index in [0.29, 0.717) is 23.6 Å². The Kier molecular flexibility index (Phi) is 5.11. The van der Waals surface area contributed by atoms with Crippen molar-refractivity contribution in [3.05, 3.63) is 59.7 Å². The van der Waals surface area contributed by atoms with Gasteiger partial charge in [0, 0.05) is 11.9 Å². The van der Waals surface area contributed by atoms with Crippen molar-refractivity contribution in [2.24, 2.45) is 0 Å². The number of nitrogen functional groups attached to an aromatic ring is 1. The Bertz CT molecular complexity index is 1210. The molecule has 0 amide bonds. The van der Waals surface area contributed by atoms with Crippen LogP contribution in [0.2, 0.25) is 0 Å². The fourth-order valence-corrected chi connectivity index (χ4v) is 2.76. The number of hydrogen-bond donors (Lipinski definition) is 2. The number of aromatic nitrogens is 7. The Morgan fingerprint density at radius 1 is 1.20 bits per heavy atom. The topological polar surface area (TPSA) is 146 Å². The molecule has 0 radical (unpaired) electrons. The van der Waals surface area contributed by atoms with Gasteiger partial charge in [0.25, 0.3) is 5.78 Å². The van der Waals surface area contributed by atoms with Crippen LogP contribution >= 0.6 is 0 Å². The van der Waals surface area contributed by atoms with Crippen LogP contribution < -0.4 is 11.1 Å². The maximum absolute atomic E-state index is 13.0. The molecule has 1 aromatic carbocycles. The number of carbonyl (C=O) groups excluding carboxylic acids is 1. The summed E-state index contributed by atoms with van der Waals surface area (Å²) in [5.41, 5.74) is 7.17. The summed E-state index contributed by atoms with van der Waals surface area (Å²) in [4.78, 5) is 32.8. The van der Waals surface area contributed by atoms with Crippen LogP contribution in [-0.4, -0.2) is 40.5 Å². The van der Waals surface area contributed by atoms with Crippen molar-refractivity contribution in [1.29, 1.82) is 0 Å². The van der Waals surface area contributed by atoms with Gasteiger partial charge in [-0.05, 0) is 30.7 Å². The van der Waals surface area contributed by atoms with Gasteiger partial charge in [-0.15, -0.1) is 0 Å². The molecule has 0 saturated heterocycles. The molecule has 30 heavy (non-hydrogen) atoms. The number of halogens is 1. The Balaban J connectivity index is 1.50. The second-order valence-corrected chi connectivity index (χ2v) is 6.09. The molecule has 0 aliphatic rings. The summed E-state index contributed by atoms with van der Waals surface area (Å²) in [6.45, 7) is 1.65. The number of carbonyl (C=O) groups is 1. The molecule has 0 fully saturated rings. The van der Waals surface area contributed by atoms with E-state index in [1.54, 1.807) is 0 Å². The number of esters is 1. The molecule has 3 heterocycles. The van der Waals surface area contributed by atoms with Crippen molar-refractivity contribution in [1.82, 2.24) is 34.5 Å². The zero-order valence-electron chi connectivity index (χ0n) is 15.8. The first kappa shape index (κ1) is 19.1. The third-order valence-corrected chi connectivity index (χ3v) is 4.09. The van der Waals surface area contributed by atoms with Gasteiger partial charge in [-0.2, -0.15) is 25.0 Å². The Morgan fingerprint density at radius 2 is 2.00 bits per heavy atom. The molecule has 0 unspecified atom stereocenters. The van der Waals surface area contributed by atoms with E-state index < -0.39 is 5.97 Å². The molecule has 0 bridgehead atoms. The average molecular weight is 409 g/mol. The van der Waals surface area contributed by atoms with Gasteiger partial charge in [0.2, 0.25) is 11.9 Å². The third kappa shape index (κ3) is 3.97. The quantitative estimate of drug-likeness (QED) is 0.451. The first-order valence-electron chi connectivity index (χ1n) is 8.91.